The molecule has 17 rings (SSSR count). The van der Waals surface area contributed by atoms with E-state index in [1.807, 2.05) is 61.5 Å². The van der Waals surface area contributed by atoms with Crippen LogP contribution in [-0.4, -0.2) is 67.9 Å². The molecule has 13 atom stereocenters. The first kappa shape index (κ1) is 104. The minimum atomic E-state index is -0.226. The zero-order chi connectivity index (χ0) is 93.9. The van der Waals surface area contributed by atoms with Gasteiger partial charge in [-0.3, -0.25) is 0 Å². The molecule has 8 aliphatic carbocycles. The molecular formula is C121H166O11. The van der Waals surface area contributed by atoms with Gasteiger partial charge in [0.05, 0.1) is 25.9 Å². The average Bonchev–Trinajstić information content (AvgIpc) is 0.985. The number of fused-ring (bicyclic) bond motifs is 5. The molecule has 0 aliphatic heterocycles. The number of ether oxygens (including phenoxy) is 9. The Morgan fingerprint density at radius 1 is 0.371 bits per heavy atom. The van der Waals surface area contributed by atoms with Crippen molar-refractivity contribution in [3.05, 3.63) is 281 Å². The fourth-order valence-corrected chi connectivity index (χ4v) is 21.0. The van der Waals surface area contributed by atoms with E-state index >= 15 is 0 Å². The average molecular weight is 1800 g/mol. The summed E-state index contributed by atoms with van der Waals surface area (Å²) in [4.78, 5) is 0. The molecule has 0 radical (unpaired) electrons. The summed E-state index contributed by atoms with van der Waals surface area (Å²) in [6.07, 6.45) is 34.1. The third kappa shape index (κ3) is 30.6. The highest BCUT2D eigenvalue weighted by molar-refractivity contribution is 5.78. The fraction of sp³-hybridized carbons (Fsp3) is 0.537. The molecule has 0 aromatic heterocycles. The second kappa shape index (κ2) is 52.9. The number of benzene rings is 9. The lowest BCUT2D eigenvalue weighted by Gasteiger charge is -2.58. The molecule has 0 spiro atoms. The Kier molecular flexibility index (Phi) is 41.5. The number of rotatable bonds is 40. The molecule has 132 heavy (non-hydrogen) atoms. The second-order valence-corrected chi connectivity index (χ2v) is 40.4. The number of unbranched alkanes of at least 4 members (excludes halogenated alkanes) is 2. The van der Waals surface area contributed by atoms with Gasteiger partial charge in [-0.25, -0.2) is 0 Å². The summed E-state index contributed by atoms with van der Waals surface area (Å²) in [7, 11) is 0. The van der Waals surface area contributed by atoms with Crippen molar-refractivity contribution in [3.8, 4) is 51.4 Å². The molecule has 11 heteroatoms. The predicted molar refractivity (Wildman–Crippen MR) is 547 cm³/mol. The highest BCUT2D eigenvalue weighted by Crippen LogP contribution is 2.62. The van der Waals surface area contributed by atoms with E-state index in [4.69, 9.17) is 52.8 Å². The van der Waals surface area contributed by atoms with Gasteiger partial charge in [-0.2, -0.15) is 0 Å². The first-order valence-corrected chi connectivity index (χ1v) is 51.6. The van der Waals surface area contributed by atoms with Crippen LogP contribution in [0.2, 0.25) is 0 Å². The van der Waals surface area contributed by atoms with Gasteiger partial charge < -0.3 is 52.8 Å². The SMILES string of the molecule is CCC(C)c1ccc(O)cc1.CCC(C)c1ccc(O)cc1.CCC(C)c1ccc(OC(C)OCCC2CCCCC2)cc1.CCC(C)c1ccc(OC(OC(C)C)C2(C)CC3C=CC2C3)cc1.CCC(C)c1ccc(OC(OCCOc2ccccc2)C23CC4CC(CC(C4)C2)C3)cc1.CCCCCC(OCC1c2ccccc2-c2ccccc21)Oc1ccc(C(C)CC)cc1. The van der Waals surface area contributed by atoms with Crippen LogP contribution in [0.1, 0.15) is 358 Å². The fourth-order valence-electron chi connectivity index (χ4n) is 21.0. The van der Waals surface area contributed by atoms with Crippen molar-refractivity contribution < 1.29 is 52.8 Å². The minimum absolute atomic E-state index is 0.0685. The molecule has 11 nitrogen and oxygen atoms in total. The summed E-state index contributed by atoms with van der Waals surface area (Å²) < 4.78 is 56.1. The van der Waals surface area contributed by atoms with E-state index in [-0.39, 0.29) is 48.0 Å². The highest BCUT2D eigenvalue weighted by Gasteiger charge is 2.56. The number of hydrogen-bond donors (Lipinski definition) is 2. The van der Waals surface area contributed by atoms with Gasteiger partial charge in [0.25, 0.3) is 0 Å². The molecule has 6 bridgehead atoms. The van der Waals surface area contributed by atoms with Crippen LogP contribution in [0.25, 0.3) is 11.1 Å². The maximum Gasteiger partial charge on any atom is 0.206 e. The highest BCUT2D eigenvalue weighted by atomic mass is 16.7. The van der Waals surface area contributed by atoms with Crippen LogP contribution >= 0.6 is 0 Å². The minimum Gasteiger partial charge on any atom is -0.508 e. The standard InChI is InChI=1S/C30H36O2.C29H38O3.C22H32O2.C20H32O2.2C10H14O/c1-4-6-7-16-30(32-24-19-17-23(18-20-24)22(3)5-2)31-21-29-27-14-10-8-12-25(27)26-13-9-11-15-28(26)29;1-3-21(2)25-9-11-27(12-10-25)32-28(31-14-13-30-26-7-5-4-6-8-26)29-18-22-15-23(19-29)17-24(16-22)20-29;1-6-16(4)18-8-11-20(12-9-18)24-21(23-15(2)3)22(5)14-17-7-10-19(22)13-17;1-4-16(2)19-10-12-20(13-11-19)22-17(3)21-15-14-18-8-6-5-7-9-18;2*1-3-8(2)9-4-6-10(11)7-5-9/h8-15,17-20,22,29-30H,4-7,16,21H2,1-3H3;4-12,21-24,28H,3,13-20H2,1-2H3;7-12,15-17,19,21H,6,13-14H2,1-5H3;10-13,16-18H,4-9,14-15H2,1-3H3;2*4-8,11H,3H2,1-2H3. The van der Waals surface area contributed by atoms with E-state index in [1.165, 1.54) is 158 Å². The molecule has 8 aliphatic rings. The maximum absolute atomic E-state index is 9.01. The van der Waals surface area contributed by atoms with E-state index < -0.39 is 0 Å². The zero-order valence-corrected chi connectivity index (χ0v) is 83.8. The van der Waals surface area contributed by atoms with Crippen LogP contribution in [0.4, 0.5) is 0 Å². The molecule has 0 amide bonds. The van der Waals surface area contributed by atoms with Gasteiger partial charge in [0.15, 0.2) is 12.6 Å². The van der Waals surface area contributed by atoms with Gasteiger partial charge in [-0.15, -0.1) is 0 Å². The number of para-hydroxylation sites is 1. The van der Waals surface area contributed by atoms with Crippen LogP contribution in [0.5, 0.6) is 40.2 Å². The molecule has 716 valence electrons. The largest absolute Gasteiger partial charge is 0.508 e. The lowest BCUT2D eigenvalue weighted by molar-refractivity contribution is -0.217. The molecule has 9 aromatic carbocycles. The van der Waals surface area contributed by atoms with Crippen LogP contribution < -0.4 is 23.7 Å². The van der Waals surface area contributed by atoms with Crippen molar-refractivity contribution in [2.45, 2.75) is 344 Å². The van der Waals surface area contributed by atoms with E-state index in [0.717, 1.165) is 110 Å². The molecule has 13 unspecified atom stereocenters. The van der Waals surface area contributed by atoms with E-state index in [0.29, 0.717) is 78.7 Å². The zero-order valence-electron chi connectivity index (χ0n) is 83.8. The van der Waals surface area contributed by atoms with E-state index in [1.54, 1.807) is 24.3 Å². The number of phenols is 2. The summed E-state index contributed by atoms with van der Waals surface area (Å²) in [5.74, 6) is 13.8. The Hall–Kier alpha value is -8.84. The lowest BCUT2D eigenvalue weighted by Crippen LogP contribution is -2.54. The van der Waals surface area contributed by atoms with E-state index in [2.05, 4.69) is 269 Å². The first-order chi connectivity index (χ1) is 63.9. The van der Waals surface area contributed by atoms with Gasteiger partial charge in [0.2, 0.25) is 12.6 Å². The third-order valence-corrected chi connectivity index (χ3v) is 30.1. The summed E-state index contributed by atoms with van der Waals surface area (Å²) in [5.41, 5.74) is 13.7. The van der Waals surface area contributed by atoms with Gasteiger partial charge >= 0.3 is 0 Å². The second-order valence-electron chi connectivity index (χ2n) is 40.4. The normalized spacial score (nSPS) is 21.7. The number of hydrogen-bond acceptors (Lipinski definition) is 11. The van der Waals surface area contributed by atoms with Crippen molar-refractivity contribution in [2.75, 3.05) is 26.4 Å². The Bertz CT molecular complexity index is 4600. The Morgan fingerprint density at radius 3 is 1.19 bits per heavy atom. The predicted octanol–water partition coefficient (Wildman–Crippen LogP) is 33.2. The quantitative estimate of drug-likeness (QED) is 0.0217. The smallest absolute Gasteiger partial charge is 0.206 e. The van der Waals surface area contributed by atoms with Crippen LogP contribution in [0.3, 0.4) is 0 Å². The topological polar surface area (TPSA) is 124 Å². The third-order valence-electron chi connectivity index (χ3n) is 30.1. The molecule has 0 heterocycles. The number of phenolic OH excluding ortho intramolecular Hbond substituents is 2. The Morgan fingerprint density at radius 2 is 0.780 bits per heavy atom. The molecule has 6 saturated carbocycles. The van der Waals surface area contributed by atoms with Crippen molar-refractivity contribution in [2.24, 2.45) is 46.3 Å². The van der Waals surface area contributed by atoms with Gasteiger partial charge in [0.1, 0.15) is 46.9 Å². The van der Waals surface area contributed by atoms with Crippen LogP contribution in [0, 0.1) is 46.3 Å². The van der Waals surface area contributed by atoms with Crippen molar-refractivity contribution in [3.63, 3.8) is 0 Å². The van der Waals surface area contributed by atoms with Gasteiger partial charge in [-0.1, -0.05) is 294 Å². The summed E-state index contributed by atoms with van der Waals surface area (Å²) in [5, 5.41) is 18.0. The van der Waals surface area contributed by atoms with Crippen LogP contribution in [-0.2, 0) is 18.9 Å². The maximum atomic E-state index is 9.01. The summed E-state index contributed by atoms with van der Waals surface area (Å²) >= 11 is 0. The first-order valence-electron chi connectivity index (χ1n) is 51.6. The van der Waals surface area contributed by atoms with Crippen molar-refractivity contribution in [1.29, 1.82) is 0 Å². The van der Waals surface area contributed by atoms with E-state index in [9.17, 15) is 0 Å². The molecular weight excluding hydrogens is 1630 g/mol. The Balaban J connectivity index is 0.000000159. The van der Waals surface area contributed by atoms with Crippen molar-refractivity contribution in [1.82, 2.24) is 0 Å². The lowest BCUT2D eigenvalue weighted by atomic mass is 9.49. The molecule has 9 aromatic rings. The van der Waals surface area contributed by atoms with Crippen molar-refractivity contribution >= 4 is 0 Å². The molecule has 0 saturated heterocycles. The molecule has 6 fully saturated rings. The van der Waals surface area contributed by atoms with Crippen LogP contribution in [0.15, 0.2) is 237 Å². The van der Waals surface area contributed by atoms with Gasteiger partial charge in [0, 0.05) is 23.2 Å². The van der Waals surface area contributed by atoms with Gasteiger partial charge in [-0.05, 0) is 335 Å². The summed E-state index contributed by atoms with van der Waals surface area (Å²) in [6, 6.07) is 76.6. The number of aromatic hydroxyl groups is 2. The molecule has 2 N–H and O–H groups in total. The number of allylic oxidation sites excluding steroid dienone is 2. The summed E-state index contributed by atoms with van der Waals surface area (Å²) in [6.45, 7) is 40.0. The monoisotopic (exact) mass is 1800 g/mol. The Labute approximate surface area is 797 Å².